The van der Waals surface area contributed by atoms with Gasteiger partial charge in [0.2, 0.25) is 5.91 Å². The van der Waals surface area contributed by atoms with Crippen LogP contribution in [0.2, 0.25) is 0 Å². The zero-order chi connectivity index (χ0) is 11.0. The van der Waals surface area contributed by atoms with Gasteiger partial charge >= 0.3 is 0 Å². The Bertz CT molecular complexity index is 238. The summed E-state index contributed by atoms with van der Waals surface area (Å²) in [6.45, 7) is 2.46. The molecule has 0 aromatic rings. The van der Waals surface area contributed by atoms with E-state index in [0.29, 0.717) is 6.54 Å². The van der Waals surface area contributed by atoms with E-state index in [0.717, 1.165) is 0 Å². The Morgan fingerprint density at radius 2 is 2.43 bits per heavy atom. The minimum atomic E-state index is -0.917. The first-order valence-electron chi connectivity index (χ1n) is 4.11. The maximum Gasteiger partial charge on any atom is 0.239 e. The Morgan fingerprint density at radius 3 is 2.86 bits per heavy atom. The van der Waals surface area contributed by atoms with Crippen LogP contribution in [0.5, 0.6) is 0 Å². The fraction of sp³-hybridized carbons (Fsp3) is 0.857. The van der Waals surface area contributed by atoms with Gasteiger partial charge in [-0.2, -0.15) is 0 Å². The van der Waals surface area contributed by atoms with E-state index < -0.39 is 11.4 Å². The van der Waals surface area contributed by atoms with Gasteiger partial charge in [0.25, 0.3) is 0 Å². The van der Waals surface area contributed by atoms with Gasteiger partial charge in [-0.25, -0.2) is 0 Å². The van der Waals surface area contributed by atoms with Gasteiger partial charge in [0.15, 0.2) is 0 Å². The lowest BCUT2D eigenvalue weighted by Gasteiger charge is -2.26. The lowest BCUT2D eigenvalue weighted by atomic mass is 10.0. The fourth-order valence-electron chi connectivity index (χ4n) is 0.924. The number of rotatable bonds is 7. The zero-order valence-corrected chi connectivity index (χ0v) is 8.36. The number of hydrogen-bond donors (Lipinski definition) is 2. The molecule has 0 saturated heterocycles. The predicted molar refractivity (Wildman–Crippen MR) is 51.5 cm³/mol. The number of carbonyl (C=O) groups is 1. The molecule has 0 aromatic carbocycles. The molecular formula is C7H15N5O2. The molecule has 0 fully saturated rings. The third-order valence-electron chi connectivity index (χ3n) is 1.77. The highest BCUT2D eigenvalue weighted by Crippen LogP contribution is 2.02. The van der Waals surface area contributed by atoms with Crippen molar-refractivity contribution in [2.45, 2.75) is 12.5 Å². The van der Waals surface area contributed by atoms with E-state index in [-0.39, 0.29) is 13.2 Å². The van der Waals surface area contributed by atoms with E-state index in [1.165, 1.54) is 7.11 Å². The highest BCUT2D eigenvalue weighted by atomic mass is 16.5. The van der Waals surface area contributed by atoms with Crippen molar-refractivity contribution in [1.82, 2.24) is 5.32 Å². The topological polar surface area (TPSA) is 113 Å². The SMILES string of the molecule is COCC(C)(NCCN=[N+]=[N-])C(N)=O. The van der Waals surface area contributed by atoms with Crippen molar-refractivity contribution < 1.29 is 9.53 Å². The van der Waals surface area contributed by atoms with E-state index in [9.17, 15) is 4.79 Å². The smallest absolute Gasteiger partial charge is 0.239 e. The molecule has 0 aliphatic carbocycles. The van der Waals surface area contributed by atoms with Gasteiger partial charge in [-0.15, -0.1) is 0 Å². The van der Waals surface area contributed by atoms with Crippen LogP contribution in [0.1, 0.15) is 6.92 Å². The molecular weight excluding hydrogens is 186 g/mol. The number of methoxy groups -OCH3 is 1. The van der Waals surface area contributed by atoms with Crippen LogP contribution in [0.3, 0.4) is 0 Å². The number of amides is 1. The average molecular weight is 201 g/mol. The number of carbonyl (C=O) groups excluding carboxylic acids is 1. The minimum absolute atomic E-state index is 0.179. The van der Waals surface area contributed by atoms with Crippen LogP contribution >= 0.6 is 0 Å². The van der Waals surface area contributed by atoms with Crippen LogP contribution in [-0.4, -0.2) is 38.3 Å². The quantitative estimate of drug-likeness (QED) is 0.257. The summed E-state index contributed by atoms with van der Waals surface area (Å²) in [6.07, 6.45) is 0. The van der Waals surface area contributed by atoms with Crippen LogP contribution in [0.15, 0.2) is 5.11 Å². The Morgan fingerprint density at radius 1 is 1.79 bits per heavy atom. The van der Waals surface area contributed by atoms with Crippen LogP contribution in [-0.2, 0) is 9.53 Å². The number of nitrogens with two attached hydrogens (primary N) is 1. The summed E-state index contributed by atoms with van der Waals surface area (Å²) in [4.78, 5) is 13.6. The highest BCUT2D eigenvalue weighted by molar-refractivity contribution is 5.84. The molecule has 0 spiro atoms. The largest absolute Gasteiger partial charge is 0.382 e. The summed E-state index contributed by atoms with van der Waals surface area (Å²) in [5.41, 5.74) is 12.3. The Hall–Kier alpha value is -1.30. The Balaban J connectivity index is 4.09. The lowest BCUT2D eigenvalue weighted by Crippen LogP contribution is -2.56. The molecule has 0 aliphatic rings. The highest BCUT2D eigenvalue weighted by Gasteiger charge is 2.29. The van der Waals surface area contributed by atoms with Gasteiger partial charge < -0.3 is 15.8 Å². The number of nitrogens with zero attached hydrogens (tertiary/aromatic N) is 3. The summed E-state index contributed by atoms with van der Waals surface area (Å²) in [6, 6.07) is 0. The standard InChI is InChI=1S/C7H15N5O2/c1-7(5-14-2,6(8)13)10-3-4-11-12-9/h10H,3-5H2,1-2H3,(H2,8,13). The van der Waals surface area contributed by atoms with Gasteiger partial charge in [-0.1, -0.05) is 5.11 Å². The van der Waals surface area contributed by atoms with E-state index in [1.54, 1.807) is 6.92 Å². The number of ether oxygens (including phenoxy) is 1. The van der Waals surface area contributed by atoms with Crippen molar-refractivity contribution >= 4 is 5.91 Å². The zero-order valence-electron chi connectivity index (χ0n) is 8.36. The summed E-state index contributed by atoms with van der Waals surface area (Å²) in [7, 11) is 1.48. The first-order chi connectivity index (χ1) is 6.56. The van der Waals surface area contributed by atoms with Crippen molar-refractivity contribution in [1.29, 1.82) is 0 Å². The maximum absolute atomic E-state index is 11.1. The van der Waals surface area contributed by atoms with E-state index in [2.05, 4.69) is 15.3 Å². The second kappa shape index (κ2) is 6.20. The van der Waals surface area contributed by atoms with Crippen LogP contribution in [0.25, 0.3) is 10.4 Å². The first-order valence-corrected chi connectivity index (χ1v) is 4.11. The van der Waals surface area contributed by atoms with Crippen molar-refractivity contribution in [3.63, 3.8) is 0 Å². The third-order valence-corrected chi connectivity index (χ3v) is 1.77. The molecule has 7 nitrogen and oxygen atoms in total. The number of azide groups is 1. The molecule has 0 heterocycles. The van der Waals surface area contributed by atoms with Crippen molar-refractivity contribution in [3.8, 4) is 0 Å². The molecule has 1 atom stereocenters. The Labute approximate surface area is 82.2 Å². The molecule has 0 saturated carbocycles. The van der Waals surface area contributed by atoms with Gasteiger partial charge in [0.05, 0.1) is 6.61 Å². The minimum Gasteiger partial charge on any atom is -0.382 e. The third kappa shape index (κ3) is 4.08. The van der Waals surface area contributed by atoms with Gasteiger partial charge in [-0.3, -0.25) is 4.79 Å². The molecule has 0 rings (SSSR count). The lowest BCUT2D eigenvalue weighted by molar-refractivity contribution is -0.125. The molecule has 0 aromatic heterocycles. The molecule has 0 aliphatic heterocycles. The van der Waals surface area contributed by atoms with Crippen molar-refractivity contribution in [2.75, 3.05) is 26.8 Å². The molecule has 0 radical (unpaired) electrons. The second-order valence-electron chi connectivity index (χ2n) is 3.01. The molecule has 80 valence electrons. The number of nitrogens with one attached hydrogen (secondary N) is 1. The monoisotopic (exact) mass is 201 g/mol. The molecule has 3 N–H and O–H groups in total. The van der Waals surface area contributed by atoms with E-state index in [1.807, 2.05) is 0 Å². The van der Waals surface area contributed by atoms with Gasteiger partial charge in [-0.05, 0) is 12.5 Å². The second-order valence-corrected chi connectivity index (χ2v) is 3.01. The average Bonchev–Trinajstić information content (AvgIpc) is 2.13. The maximum atomic E-state index is 11.1. The van der Waals surface area contributed by atoms with Crippen molar-refractivity contribution in [3.05, 3.63) is 10.4 Å². The van der Waals surface area contributed by atoms with Crippen molar-refractivity contribution in [2.24, 2.45) is 10.8 Å². The molecule has 0 bridgehead atoms. The van der Waals surface area contributed by atoms with Crippen LogP contribution in [0, 0.1) is 0 Å². The molecule has 1 amide bonds. The molecule has 14 heavy (non-hydrogen) atoms. The van der Waals surface area contributed by atoms with E-state index >= 15 is 0 Å². The Kier molecular flexibility index (Phi) is 5.62. The van der Waals surface area contributed by atoms with Gasteiger partial charge in [0.1, 0.15) is 5.54 Å². The summed E-state index contributed by atoms with van der Waals surface area (Å²) in [5.74, 6) is -0.500. The molecule has 1 unspecified atom stereocenters. The summed E-state index contributed by atoms with van der Waals surface area (Å²) >= 11 is 0. The summed E-state index contributed by atoms with van der Waals surface area (Å²) in [5, 5.41) is 6.19. The van der Waals surface area contributed by atoms with Crippen LogP contribution < -0.4 is 11.1 Å². The normalized spacial score (nSPS) is 14.1. The number of hydrogen-bond acceptors (Lipinski definition) is 4. The first kappa shape index (κ1) is 12.7. The van der Waals surface area contributed by atoms with Crippen LogP contribution in [0.4, 0.5) is 0 Å². The fourth-order valence-corrected chi connectivity index (χ4v) is 0.924. The summed E-state index contributed by atoms with van der Waals surface area (Å²) < 4.78 is 4.86. The predicted octanol–water partition coefficient (Wildman–Crippen LogP) is -0.223. The van der Waals surface area contributed by atoms with E-state index in [4.69, 9.17) is 16.0 Å². The number of primary amides is 1. The molecule has 7 heteroatoms. The van der Waals surface area contributed by atoms with Gasteiger partial charge in [0, 0.05) is 25.1 Å².